The summed E-state index contributed by atoms with van der Waals surface area (Å²) in [4.78, 5) is 27.8. The molecular formula is C17H16N2O3S. The first-order chi connectivity index (χ1) is 11.2. The Kier molecular flexibility index (Phi) is 4.73. The van der Waals surface area contributed by atoms with Crippen molar-refractivity contribution < 1.29 is 14.3 Å². The van der Waals surface area contributed by atoms with Crippen molar-refractivity contribution in [3.63, 3.8) is 0 Å². The quantitative estimate of drug-likeness (QED) is 0.684. The molecule has 0 atom stereocenters. The maximum absolute atomic E-state index is 11.9. The zero-order valence-corrected chi connectivity index (χ0v) is 13.2. The Bertz CT molecular complexity index is 775. The van der Waals surface area contributed by atoms with E-state index in [1.54, 1.807) is 17.4 Å². The van der Waals surface area contributed by atoms with Crippen LogP contribution in [-0.2, 0) is 16.0 Å². The first-order valence-corrected chi connectivity index (χ1v) is 8.14. The lowest BCUT2D eigenvalue weighted by Gasteiger charge is -2.05. The van der Waals surface area contributed by atoms with Gasteiger partial charge in [-0.25, -0.2) is 4.79 Å². The molecule has 2 heterocycles. The normalized spacial score (nSPS) is 10.6. The van der Waals surface area contributed by atoms with E-state index in [4.69, 9.17) is 4.74 Å². The average Bonchev–Trinajstić information content (AvgIpc) is 3.21. The highest BCUT2D eigenvalue weighted by Crippen LogP contribution is 2.15. The number of aromatic amines is 1. The molecule has 118 valence electrons. The second kappa shape index (κ2) is 7.11. The fraction of sp³-hybridized carbons (Fsp3) is 0.176. The van der Waals surface area contributed by atoms with Gasteiger partial charge in [-0.05, 0) is 30.0 Å². The largest absolute Gasteiger partial charge is 0.451 e. The average molecular weight is 328 g/mol. The van der Waals surface area contributed by atoms with Gasteiger partial charge in [-0.1, -0.05) is 24.3 Å². The number of carbonyl (C=O) groups is 2. The monoisotopic (exact) mass is 328 g/mol. The molecule has 23 heavy (non-hydrogen) atoms. The van der Waals surface area contributed by atoms with Crippen LogP contribution in [0.1, 0.15) is 15.4 Å². The summed E-state index contributed by atoms with van der Waals surface area (Å²) >= 11 is 1.65. The van der Waals surface area contributed by atoms with Crippen LogP contribution in [0.2, 0.25) is 0 Å². The Morgan fingerprint density at radius 1 is 1.17 bits per heavy atom. The first kappa shape index (κ1) is 15.3. The Hall–Kier alpha value is -2.60. The van der Waals surface area contributed by atoms with Crippen LogP contribution in [-0.4, -0.2) is 30.0 Å². The van der Waals surface area contributed by atoms with Gasteiger partial charge in [0.25, 0.3) is 5.91 Å². The molecule has 0 unspecified atom stereocenters. The molecule has 2 N–H and O–H groups in total. The number of para-hydroxylation sites is 1. The predicted molar refractivity (Wildman–Crippen MR) is 89.6 cm³/mol. The van der Waals surface area contributed by atoms with Gasteiger partial charge in [-0.2, -0.15) is 0 Å². The lowest BCUT2D eigenvalue weighted by atomic mass is 10.2. The van der Waals surface area contributed by atoms with Crippen molar-refractivity contribution in [3.8, 4) is 0 Å². The van der Waals surface area contributed by atoms with Crippen LogP contribution in [0.4, 0.5) is 0 Å². The number of esters is 1. The van der Waals surface area contributed by atoms with Gasteiger partial charge in [-0.15, -0.1) is 11.3 Å². The SMILES string of the molecule is O=C(COC(=O)c1cc2ccccc2[nH]1)NCCc1cccs1. The van der Waals surface area contributed by atoms with E-state index in [0.29, 0.717) is 12.2 Å². The Morgan fingerprint density at radius 3 is 2.83 bits per heavy atom. The molecule has 5 nitrogen and oxygen atoms in total. The predicted octanol–water partition coefficient (Wildman–Crippen LogP) is 2.75. The van der Waals surface area contributed by atoms with E-state index in [2.05, 4.69) is 10.3 Å². The molecule has 0 aliphatic carbocycles. The maximum atomic E-state index is 11.9. The highest BCUT2D eigenvalue weighted by molar-refractivity contribution is 7.09. The number of fused-ring (bicyclic) bond motifs is 1. The maximum Gasteiger partial charge on any atom is 0.355 e. The van der Waals surface area contributed by atoms with Crippen LogP contribution in [0.3, 0.4) is 0 Å². The molecule has 0 aliphatic heterocycles. The third kappa shape index (κ3) is 3.98. The number of rotatable bonds is 6. The number of ether oxygens (including phenoxy) is 1. The van der Waals surface area contributed by atoms with Crippen molar-refractivity contribution in [2.45, 2.75) is 6.42 Å². The van der Waals surface area contributed by atoms with Crippen molar-refractivity contribution in [2.75, 3.05) is 13.2 Å². The van der Waals surface area contributed by atoms with Crippen molar-refractivity contribution in [2.24, 2.45) is 0 Å². The molecule has 3 rings (SSSR count). The molecule has 0 aliphatic rings. The lowest BCUT2D eigenvalue weighted by molar-refractivity contribution is -0.124. The Morgan fingerprint density at radius 2 is 2.04 bits per heavy atom. The van der Waals surface area contributed by atoms with Gasteiger partial charge < -0.3 is 15.0 Å². The summed E-state index contributed by atoms with van der Waals surface area (Å²) in [7, 11) is 0. The minimum atomic E-state index is -0.533. The number of nitrogens with one attached hydrogen (secondary N) is 2. The van der Waals surface area contributed by atoms with E-state index in [9.17, 15) is 9.59 Å². The summed E-state index contributed by atoms with van der Waals surface area (Å²) in [5, 5.41) is 5.66. The standard InChI is InChI=1S/C17H16N2O3S/c20-16(18-8-7-13-5-3-9-23-13)11-22-17(21)15-10-12-4-1-2-6-14(12)19-15/h1-6,9-10,19H,7-8,11H2,(H,18,20). The smallest absolute Gasteiger partial charge is 0.355 e. The molecule has 0 saturated heterocycles. The zero-order chi connectivity index (χ0) is 16.1. The number of thiophene rings is 1. The number of benzene rings is 1. The van der Waals surface area contributed by atoms with Crippen LogP contribution in [0, 0.1) is 0 Å². The van der Waals surface area contributed by atoms with Crippen molar-refractivity contribution in [1.82, 2.24) is 10.3 Å². The van der Waals surface area contributed by atoms with Gasteiger partial charge in [0, 0.05) is 22.3 Å². The van der Waals surface area contributed by atoms with Crippen molar-refractivity contribution in [1.29, 1.82) is 0 Å². The van der Waals surface area contributed by atoms with Crippen molar-refractivity contribution in [3.05, 3.63) is 58.4 Å². The van der Waals surface area contributed by atoms with Crippen LogP contribution in [0.5, 0.6) is 0 Å². The second-order valence-electron chi connectivity index (χ2n) is 5.03. The number of hydrogen-bond donors (Lipinski definition) is 2. The number of hydrogen-bond acceptors (Lipinski definition) is 4. The van der Waals surface area contributed by atoms with E-state index in [-0.39, 0.29) is 12.5 Å². The molecule has 1 aromatic carbocycles. The number of amides is 1. The molecule has 6 heteroatoms. The summed E-state index contributed by atoms with van der Waals surface area (Å²) in [5.74, 6) is -0.833. The van der Waals surface area contributed by atoms with Crippen molar-refractivity contribution >= 4 is 34.1 Å². The summed E-state index contributed by atoms with van der Waals surface area (Å²) < 4.78 is 5.03. The topological polar surface area (TPSA) is 71.2 Å². The van der Waals surface area contributed by atoms with E-state index < -0.39 is 5.97 Å². The Balaban J connectivity index is 1.45. The summed E-state index contributed by atoms with van der Waals surface area (Å²) in [6.07, 6.45) is 0.777. The second-order valence-corrected chi connectivity index (χ2v) is 6.06. The number of carbonyl (C=O) groups excluding carboxylic acids is 2. The van der Waals surface area contributed by atoms with E-state index in [1.165, 1.54) is 4.88 Å². The third-order valence-corrected chi connectivity index (χ3v) is 4.29. The highest BCUT2D eigenvalue weighted by atomic mass is 32.1. The highest BCUT2D eigenvalue weighted by Gasteiger charge is 2.12. The van der Waals surface area contributed by atoms with E-state index in [0.717, 1.165) is 17.3 Å². The summed E-state index contributed by atoms with van der Waals surface area (Å²) in [5.41, 5.74) is 1.21. The summed E-state index contributed by atoms with van der Waals surface area (Å²) in [6.45, 7) is 0.252. The molecule has 0 radical (unpaired) electrons. The third-order valence-electron chi connectivity index (χ3n) is 3.36. The van der Waals surface area contributed by atoms with Gasteiger partial charge in [0.2, 0.25) is 0 Å². The molecule has 0 fully saturated rings. The van der Waals surface area contributed by atoms with Crippen LogP contribution in [0.25, 0.3) is 10.9 Å². The summed E-state index contributed by atoms with van der Waals surface area (Å²) in [6, 6.07) is 13.3. The van der Waals surface area contributed by atoms with Crippen LogP contribution in [0.15, 0.2) is 47.8 Å². The van der Waals surface area contributed by atoms with Gasteiger partial charge >= 0.3 is 5.97 Å². The fourth-order valence-electron chi connectivity index (χ4n) is 2.22. The van der Waals surface area contributed by atoms with Gasteiger partial charge in [0.05, 0.1) is 0 Å². The van der Waals surface area contributed by atoms with E-state index >= 15 is 0 Å². The Labute approximate surface area is 137 Å². The number of H-pyrrole nitrogens is 1. The molecular weight excluding hydrogens is 312 g/mol. The zero-order valence-electron chi connectivity index (χ0n) is 12.4. The molecule has 0 spiro atoms. The molecule has 0 saturated carbocycles. The van der Waals surface area contributed by atoms with Gasteiger partial charge in [0.15, 0.2) is 6.61 Å². The minimum Gasteiger partial charge on any atom is -0.451 e. The lowest BCUT2D eigenvalue weighted by Crippen LogP contribution is -2.30. The molecule has 3 aromatic rings. The number of aromatic nitrogens is 1. The first-order valence-electron chi connectivity index (χ1n) is 7.26. The van der Waals surface area contributed by atoms with E-state index in [1.807, 2.05) is 41.8 Å². The minimum absolute atomic E-state index is 0.279. The van der Waals surface area contributed by atoms with Crippen LogP contribution >= 0.6 is 11.3 Å². The fourth-order valence-corrected chi connectivity index (χ4v) is 2.93. The van der Waals surface area contributed by atoms with Gasteiger partial charge in [0.1, 0.15) is 5.69 Å². The van der Waals surface area contributed by atoms with Crippen LogP contribution < -0.4 is 5.32 Å². The molecule has 2 aromatic heterocycles. The van der Waals surface area contributed by atoms with Gasteiger partial charge in [-0.3, -0.25) is 4.79 Å². The molecule has 1 amide bonds. The molecule has 0 bridgehead atoms.